The molecule has 1 aliphatic carbocycles. The zero-order valence-electron chi connectivity index (χ0n) is 8.78. The van der Waals surface area contributed by atoms with Crippen molar-refractivity contribution >= 4 is 0 Å². The molecule has 0 aromatic rings. The molecule has 2 atom stereocenters. The maximum absolute atomic E-state index is 12.6. The topological polar surface area (TPSA) is 12.0 Å². The van der Waals surface area contributed by atoms with Gasteiger partial charge in [0, 0.05) is 6.04 Å². The summed E-state index contributed by atoms with van der Waals surface area (Å²) in [5, 5.41) is 2.57. The number of rotatable bonds is 5. The zero-order chi connectivity index (χ0) is 11.5. The molecule has 1 nitrogen and oxygen atoms in total. The third-order valence-electron chi connectivity index (χ3n) is 3.10. The Kier molecular flexibility index (Phi) is 4.37. The number of halogens is 4. The van der Waals surface area contributed by atoms with Crippen molar-refractivity contribution in [1.29, 1.82) is 0 Å². The van der Waals surface area contributed by atoms with Crippen molar-refractivity contribution in [3.05, 3.63) is 0 Å². The van der Waals surface area contributed by atoms with Crippen molar-refractivity contribution in [3.63, 3.8) is 0 Å². The van der Waals surface area contributed by atoms with E-state index < -0.39 is 18.9 Å². The Morgan fingerprint density at radius 2 is 2.00 bits per heavy atom. The number of hydrogen-bond donors (Lipinski definition) is 1. The second kappa shape index (κ2) is 5.14. The molecule has 15 heavy (non-hydrogen) atoms. The van der Waals surface area contributed by atoms with Crippen molar-refractivity contribution in [1.82, 2.24) is 5.32 Å². The lowest BCUT2D eigenvalue weighted by Crippen LogP contribution is -2.44. The van der Waals surface area contributed by atoms with E-state index in [4.69, 9.17) is 0 Å². The van der Waals surface area contributed by atoms with Gasteiger partial charge in [0.1, 0.15) is 0 Å². The fourth-order valence-corrected chi connectivity index (χ4v) is 2.14. The second-order valence-corrected chi connectivity index (χ2v) is 4.15. The summed E-state index contributed by atoms with van der Waals surface area (Å²) in [6.07, 6.45) is 0.159. The predicted molar refractivity (Wildman–Crippen MR) is 50.4 cm³/mol. The van der Waals surface area contributed by atoms with Crippen LogP contribution in [0.2, 0.25) is 0 Å². The summed E-state index contributed by atoms with van der Waals surface area (Å²) in [6, 6.07) is -0.0142. The summed E-state index contributed by atoms with van der Waals surface area (Å²) in [7, 11) is 0. The first kappa shape index (κ1) is 12.7. The predicted octanol–water partition coefficient (Wildman–Crippen LogP) is 3.06. The van der Waals surface area contributed by atoms with E-state index in [1.54, 1.807) is 0 Å². The van der Waals surface area contributed by atoms with Gasteiger partial charge in [-0.1, -0.05) is 19.8 Å². The van der Waals surface area contributed by atoms with Gasteiger partial charge < -0.3 is 5.32 Å². The van der Waals surface area contributed by atoms with Crippen LogP contribution in [0.4, 0.5) is 17.6 Å². The van der Waals surface area contributed by atoms with Crippen molar-refractivity contribution in [3.8, 4) is 0 Å². The molecule has 5 heteroatoms. The summed E-state index contributed by atoms with van der Waals surface area (Å²) in [5.74, 6) is -3.54. The Balaban J connectivity index is 2.36. The van der Waals surface area contributed by atoms with Crippen molar-refractivity contribution in [2.24, 2.45) is 5.92 Å². The van der Waals surface area contributed by atoms with Gasteiger partial charge in [0.15, 0.2) is 0 Å². The molecular weight excluding hydrogens is 210 g/mol. The van der Waals surface area contributed by atoms with E-state index in [0.29, 0.717) is 5.92 Å². The molecule has 1 fully saturated rings. The minimum absolute atomic E-state index is 0.0142. The van der Waals surface area contributed by atoms with Gasteiger partial charge in [-0.2, -0.15) is 8.78 Å². The molecule has 0 heterocycles. The normalized spacial score (nSPS) is 27.6. The molecule has 1 aliphatic rings. The van der Waals surface area contributed by atoms with Crippen LogP contribution in [0.25, 0.3) is 0 Å². The van der Waals surface area contributed by atoms with E-state index in [2.05, 4.69) is 5.32 Å². The fraction of sp³-hybridized carbons (Fsp3) is 1.00. The van der Waals surface area contributed by atoms with Gasteiger partial charge in [-0.25, -0.2) is 8.78 Å². The van der Waals surface area contributed by atoms with Crippen LogP contribution in [0, 0.1) is 5.92 Å². The monoisotopic (exact) mass is 227 g/mol. The summed E-state index contributed by atoms with van der Waals surface area (Å²) in [5.41, 5.74) is 0. The zero-order valence-corrected chi connectivity index (χ0v) is 8.78. The standard InChI is InChI=1S/C10H17F4N/c1-2-7-4-3-5-8(7)15-6-10(13,14)9(11)12/h7-9,15H,2-6H2,1H3. The molecule has 0 aliphatic heterocycles. The molecule has 1 N–H and O–H groups in total. The van der Waals surface area contributed by atoms with Crippen LogP contribution in [0.5, 0.6) is 0 Å². The first-order valence-corrected chi connectivity index (χ1v) is 5.36. The summed E-state index contributed by atoms with van der Waals surface area (Å²) < 4.78 is 49.0. The maximum Gasteiger partial charge on any atom is 0.319 e. The van der Waals surface area contributed by atoms with Crippen LogP contribution in [-0.2, 0) is 0 Å². The van der Waals surface area contributed by atoms with Gasteiger partial charge in [0.2, 0.25) is 0 Å². The number of nitrogens with one attached hydrogen (secondary N) is 1. The van der Waals surface area contributed by atoms with Gasteiger partial charge in [-0.05, 0) is 18.8 Å². The Hall–Kier alpha value is -0.320. The van der Waals surface area contributed by atoms with Crippen LogP contribution >= 0.6 is 0 Å². The fourth-order valence-electron chi connectivity index (χ4n) is 2.14. The Morgan fingerprint density at radius 1 is 1.33 bits per heavy atom. The van der Waals surface area contributed by atoms with Gasteiger partial charge in [-0.15, -0.1) is 0 Å². The van der Waals surface area contributed by atoms with Gasteiger partial charge in [0.25, 0.3) is 0 Å². The highest BCUT2D eigenvalue weighted by molar-refractivity contribution is 4.84. The van der Waals surface area contributed by atoms with Crippen LogP contribution in [0.1, 0.15) is 32.6 Å². The van der Waals surface area contributed by atoms with Gasteiger partial charge in [0.05, 0.1) is 6.54 Å². The number of hydrogen-bond acceptors (Lipinski definition) is 1. The molecule has 0 radical (unpaired) electrons. The molecule has 1 rings (SSSR count). The van der Waals surface area contributed by atoms with E-state index in [9.17, 15) is 17.6 Å². The molecule has 0 bridgehead atoms. The van der Waals surface area contributed by atoms with Crippen LogP contribution < -0.4 is 5.32 Å². The molecule has 0 spiro atoms. The van der Waals surface area contributed by atoms with Gasteiger partial charge >= 0.3 is 12.3 Å². The van der Waals surface area contributed by atoms with E-state index in [-0.39, 0.29) is 6.04 Å². The highest BCUT2D eigenvalue weighted by Crippen LogP contribution is 2.29. The van der Waals surface area contributed by atoms with Crippen LogP contribution in [-0.4, -0.2) is 24.9 Å². The average Bonchev–Trinajstić information content (AvgIpc) is 2.61. The third kappa shape index (κ3) is 3.33. The molecule has 0 aromatic heterocycles. The van der Waals surface area contributed by atoms with E-state index in [1.807, 2.05) is 6.92 Å². The summed E-state index contributed by atoms with van der Waals surface area (Å²) >= 11 is 0. The third-order valence-corrected chi connectivity index (χ3v) is 3.10. The SMILES string of the molecule is CCC1CCCC1NCC(F)(F)C(F)F. The van der Waals surface area contributed by atoms with E-state index >= 15 is 0 Å². The molecule has 90 valence electrons. The van der Waals surface area contributed by atoms with Crippen molar-refractivity contribution in [2.45, 2.75) is 51.0 Å². The molecule has 1 saturated carbocycles. The average molecular weight is 227 g/mol. The van der Waals surface area contributed by atoms with Gasteiger partial charge in [-0.3, -0.25) is 0 Å². The van der Waals surface area contributed by atoms with Crippen LogP contribution in [0.3, 0.4) is 0 Å². The van der Waals surface area contributed by atoms with Crippen LogP contribution in [0.15, 0.2) is 0 Å². The molecule has 0 amide bonds. The maximum atomic E-state index is 12.6. The molecule has 0 aromatic carbocycles. The Morgan fingerprint density at radius 3 is 2.53 bits per heavy atom. The highest BCUT2D eigenvalue weighted by Gasteiger charge is 2.41. The van der Waals surface area contributed by atoms with Crippen molar-refractivity contribution in [2.75, 3.05) is 6.54 Å². The lowest BCUT2D eigenvalue weighted by Gasteiger charge is -2.23. The van der Waals surface area contributed by atoms with E-state index in [0.717, 1.165) is 25.7 Å². The second-order valence-electron chi connectivity index (χ2n) is 4.15. The molecular formula is C10H17F4N. The Bertz CT molecular complexity index is 196. The minimum atomic E-state index is -3.90. The smallest absolute Gasteiger partial charge is 0.308 e. The highest BCUT2D eigenvalue weighted by atomic mass is 19.3. The first-order chi connectivity index (χ1) is 6.97. The van der Waals surface area contributed by atoms with E-state index in [1.165, 1.54) is 0 Å². The van der Waals surface area contributed by atoms with Crippen molar-refractivity contribution < 1.29 is 17.6 Å². The minimum Gasteiger partial charge on any atom is -0.308 e. The molecule has 2 unspecified atom stereocenters. The molecule has 0 saturated heterocycles. The Labute approximate surface area is 87.2 Å². The number of alkyl halides is 4. The first-order valence-electron chi connectivity index (χ1n) is 5.36. The summed E-state index contributed by atoms with van der Waals surface area (Å²) in [6.45, 7) is 1.09. The lowest BCUT2D eigenvalue weighted by atomic mass is 10.0. The lowest BCUT2D eigenvalue weighted by molar-refractivity contribution is -0.126. The largest absolute Gasteiger partial charge is 0.319 e. The summed E-state index contributed by atoms with van der Waals surface area (Å²) in [4.78, 5) is 0. The quantitative estimate of drug-likeness (QED) is 0.712.